The third-order valence-corrected chi connectivity index (χ3v) is 5.80. The number of carbonyl (C=O) groups excluding carboxylic acids is 1. The summed E-state index contributed by atoms with van der Waals surface area (Å²) in [6.07, 6.45) is 1.23. The highest BCUT2D eigenvalue weighted by Crippen LogP contribution is 2.31. The van der Waals surface area contributed by atoms with Gasteiger partial charge in [-0.2, -0.15) is 13.2 Å². The quantitative estimate of drug-likeness (QED) is 0.721. The largest absolute Gasteiger partial charge is 0.490 e. The molecular weight excluding hydrogens is 431 g/mol. The van der Waals surface area contributed by atoms with Crippen molar-refractivity contribution in [2.45, 2.75) is 56.7 Å². The molecular formula is C21H28F3N3O5. The van der Waals surface area contributed by atoms with Gasteiger partial charge in [-0.1, -0.05) is 6.07 Å². The lowest BCUT2D eigenvalue weighted by molar-refractivity contribution is -0.192. The van der Waals surface area contributed by atoms with Crippen molar-refractivity contribution in [3.8, 4) is 0 Å². The summed E-state index contributed by atoms with van der Waals surface area (Å²) < 4.78 is 43.8. The van der Waals surface area contributed by atoms with Crippen LogP contribution in [0.5, 0.6) is 0 Å². The van der Waals surface area contributed by atoms with E-state index in [4.69, 9.17) is 19.4 Å². The van der Waals surface area contributed by atoms with Crippen LogP contribution >= 0.6 is 0 Å². The first-order chi connectivity index (χ1) is 15.3. The molecule has 11 heteroatoms. The molecule has 1 aromatic rings. The average Bonchev–Trinajstić information content (AvgIpc) is 3.42. The van der Waals surface area contributed by atoms with Crippen molar-refractivity contribution in [3.05, 3.63) is 30.1 Å². The Balaban J connectivity index is 0.000000360. The number of aromatic nitrogens is 1. The zero-order chi connectivity index (χ0) is 23.1. The fraction of sp³-hybridized carbons (Fsp3) is 0.667. The zero-order valence-electron chi connectivity index (χ0n) is 17.7. The Hall–Kier alpha value is -2.24. The maximum absolute atomic E-state index is 12.3. The standard InChI is InChI=1S/C19H27N3O3.C2HF3O2/c23-18(21-9-3-4-10-21)14-25-17-13-22(12-15-6-1-2-8-20-15)16-7-5-11-24-19(16)17;3-2(4,5)1(6)7/h1-2,6,8,16-17,19H,3-5,7,9-14H2;(H,6,7)/t16-,17-,19+;/m1./s1. The number of hydrogen-bond acceptors (Lipinski definition) is 6. The van der Waals surface area contributed by atoms with Gasteiger partial charge in [0.1, 0.15) is 12.7 Å². The minimum absolute atomic E-state index is 0.0273. The van der Waals surface area contributed by atoms with Gasteiger partial charge in [0.05, 0.1) is 11.8 Å². The molecule has 1 N–H and O–H groups in total. The fourth-order valence-corrected chi connectivity index (χ4v) is 4.27. The van der Waals surface area contributed by atoms with Crippen LogP contribution in [0.3, 0.4) is 0 Å². The van der Waals surface area contributed by atoms with Crippen molar-refractivity contribution in [3.63, 3.8) is 0 Å². The molecule has 0 spiro atoms. The number of amides is 1. The van der Waals surface area contributed by atoms with Crippen LogP contribution < -0.4 is 0 Å². The maximum atomic E-state index is 12.3. The molecule has 0 saturated carbocycles. The van der Waals surface area contributed by atoms with Crippen LogP contribution in [0.25, 0.3) is 0 Å². The van der Waals surface area contributed by atoms with Gasteiger partial charge >= 0.3 is 12.1 Å². The minimum Gasteiger partial charge on any atom is -0.475 e. The van der Waals surface area contributed by atoms with Crippen LogP contribution in [0.4, 0.5) is 13.2 Å². The Kier molecular flexibility index (Phi) is 8.44. The van der Waals surface area contributed by atoms with Crippen molar-refractivity contribution >= 4 is 11.9 Å². The van der Waals surface area contributed by atoms with E-state index in [-0.39, 0.29) is 24.7 Å². The number of rotatable bonds is 5. The summed E-state index contributed by atoms with van der Waals surface area (Å²) in [6, 6.07) is 6.39. The first-order valence-corrected chi connectivity index (χ1v) is 10.7. The molecule has 1 aromatic heterocycles. The number of nitrogens with zero attached hydrogens (tertiary/aromatic N) is 3. The number of likely N-dealkylation sites (tertiary alicyclic amines) is 2. The monoisotopic (exact) mass is 459 g/mol. The molecule has 0 radical (unpaired) electrons. The Labute approximate surface area is 184 Å². The number of alkyl halides is 3. The van der Waals surface area contributed by atoms with Crippen LogP contribution in [0, 0.1) is 0 Å². The second-order valence-electron chi connectivity index (χ2n) is 8.04. The first-order valence-electron chi connectivity index (χ1n) is 10.7. The predicted octanol–water partition coefficient (Wildman–Crippen LogP) is 2.09. The van der Waals surface area contributed by atoms with E-state index in [0.29, 0.717) is 6.04 Å². The van der Waals surface area contributed by atoms with Crippen LogP contribution in [-0.2, 0) is 25.6 Å². The molecule has 1 amide bonds. The van der Waals surface area contributed by atoms with Crippen LogP contribution in [0.15, 0.2) is 24.4 Å². The van der Waals surface area contributed by atoms with Crippen LogP contribution in [-0.4, -0.2) is 89.0 Å². The molecule has 0 bridgehead atoms. The second-order valence-corrected chi connectivity index (χ2v) is 8.04. The molecule has 3 aliphatic rings. The summed E-state index contributed by atoms with van der Waals surface area (Å²) >= 11 is 0. The van der Waals surface area contributed by atoms with Crippen LogP contribution in [0.2, 0.25) is 0 Å². The van der Waals surface area contributed by atoms with E-state index in [2.05, 4.69) is 16.0 Å². The molecule has 178 valence electrons. The van der Waals surface area contributed by atoms with Gasteiger partial charge in [-0.3, -0.25) is 14.7 Å². The normalized spacial score (nSPS) is 25.7. The molecule has 4 heterocycles. The zero-order valence-corrected chi connectivity index (χ0v) is 17.7. The summed E-state index contributed by atoms with van der Waals surface area (Å²) in [7, 11) is 0. The highest BCUT2D eigenvalue weighted by molar-refractivity contribution is 5.77. The number of halogens is 3. The lowest BCUT2D eigenvalue weighted by atomic mass is 10.0. The van der Waals surface area contributed by atoms with Crippen LogP contribution in [0.1, 0.15) is 31.4 Å². The summed E-state index contributed by atoms with van der Waals surface area (Å²) in [5.41, 5.74) is 1.07. The molecule has 3 aliphatic heterocycles. The fourth-order valence-electron chi connectivity index (χ4n) is 4.27. The van der Waals surface area contributed by atoms with Gasteiger partial charge in [0, 0.05) is 45.0 Å². The maximum Gasteiger partial charge on any atom is 0.490 e. The molecule has 3 saturated heterocycles. The van der Waals surface area contributed by atoms with Gasteiger partial charge < -0.3 is 19.5 Å². The van der Waals surface area contributed by atoms with Gasteiger partial charge in [-0.05, 0) is 37.8 Å². The van der Waals surface area contributed by atoms with E-state index in [0.717, 1.165) is 64.2 Å². The Morgan fingerprint density at radius 1 is 1.22 bits per heavy atom. The van der Waals surface area contributed by atoms with Gasteiger partial charge in [-0.15, -0.1) is 0 Å². The highest BCUT2D eigenvalue weighted by Gasteiger charge is 2.45. The number of carbonyl (C=O) groups is 2. The lowest BCUT2D eigenvalue weighted by Gasteiger charge is -2.32. The van der Waals surface area contributed by atoms with E-state index in [9.17, 15) is 18.0 Å². The van der Waals surface area contributed by atoms with Crippen molar-refractivity contribution in [1.29, 1.82) is 0 Å². The third-order valence-electron chi connectivity index (χ3n) is 5.80. The molecule has 32 heavy (non-hydrogen) atoms. The first kappa shape index (κ1) is 24.4. The summed E-state index contributed by atoms with van der Waals surface area (Å²) in [4.78, 5) is 29.9. The minimum atomic E-state index is -5.08. The van der Waals surface area contributed by atoms with E-state index in [1.165, 1.54) is 0 Å². The number of carboxylic acids is 1. The van der Waals surface area contributed by atoms with Crippen molar-refractivity contribution in [2.75, 3.05) is 32.8 Å². The summed E-state index contributed by atoms with van der Waals surface area (Å²) in [5.74, 6) is -2.64. The molecule has 8 nitrogen and oxygen atoms in total. The third kappa shape index (κ3) is 6.63. The molecule has 3 fully saturated rings. The number of aliphatic carboxylic acids is 1. The molecule has 0 aromatic carbocycles. The number of fused-ring (bicyclic) bond motifs is 1. The van der Waals surface area contributed by atoms with Gasteiger partial charge in [0.25, 0.3) is 0 Å². The molecule has 0 aliphatic carbocycles. The average molecular weight is 459 g/mol. The number of carboxylic acid groups (broad SMARTS) is 1. The number of hydrogen-bond donors (Lipinski definition) is 1. The smallest absolute Gasteiger partial charge is 0.475 e. The van der Waals surface area contributed by atoms with E-state index in [1.54, 1.807) is 0 Å². The predicted molar refractivity (Wildman–Crippen MR) is 107 cm³/mol. The van der Waals surface area contributed by atoms with Crippen molar-refractivity contribution in [1.82, 2.24) is 14.8 Å². The van der Waals surface area contributed by atoms with E-state index >= 15 is 0 Å². The van der Waals surface area contributed by atoms with E-state index < -0.39 is 12.1 Å². The van der Waals surface area contributed by atoms with Gasteiger partial charge in [0.15, 0.2) is 0 Å². The Morgan fingerprint density at radius 3 is 2.56 bits per heavy atom. The number of ether oxygens (including phenoxy) is 2. The van der Waals surface area contributed by atoms with Gasteiger partial charge in [0.2, 0.25) is 5.91 Å². The molecule has 3 atom stereocenters. The summed E-state index contributed by atoms with van der Waals surface area (Å²) in [6.45, 7) is 4.33. The Bertz CT molecular complexity index is 759. The summed E-state index contributed by atoms with van der Waals surface area (Å²) in [5, 5.41) is 7.12. The second kappa shape index (κ2) is 11.1. The lowest BCUT2D eigenvalue weighted by Crippen LogP contribution is -2.42. The SMILES string of the molecule is O=C(CO[C@@H]1CN(Cc2ccccn2)[C@@H]2CCCO[C@@H]21)N1CCCC1.O=C(O)C(F)(F)F. The van der Waals surface area contributed by atoms with E-state index in [1.807, 2.05) is 23.2 Å². The van der Waals surface area contributed by atoms with Gasteiger partial charge in [-0.25, -0.2) is 4.79 Å². The molecule has 4 rings (SSSR count). The number of pyridine rings is 1. The van der Waals surface area contributed by atoms with Crippen molar-refractivity contribution < 1.29 is 37.3 Å². The highest BCUT2D eigenvalue weighted by atomic mass is 19.4. The molecule has 0 unspecified atom stereocenters. The Morgan fingerprint density at radius 2 is 1.94 bits per heavy atom. The van der Waals surface area contributed by atoms with Crippen molar-refractivity contribution in [2.24, 2.45) is 0 Å². The topological polar surface area (TPSA) is 92.2 Å².